The van der Waals surface area contributed by atoms with Crippen molar-refractivity contribution < 1.29 is 9.47 Å². The average Bonchev–Trinajstić information content (AvgIpc) is 2.85. The van der Waals surface area contributed by atoms with Gasteiger partial charge < -0.3 is 9.47 Å². The molecule has 0 bridgehead atoms. The monoisotopic (exact) mass is 448 g/mol. The van der Waals surface area contributed by atoms with E-state index in [1.165, 1.54) is 43.2 Å². The van der Waals surface area contributed by atoms with Crippen LogP contribution in [0.15, 0.2) is 61.0 Å². The molecule has 0 spiro atoms. The van der Waals surface area contributed by atoms with Crippen LogP contribution in [-0.4, -0.2) is 29.3 Å². The van der Waals surface area contributed by atoms with Crippen molar-refractivity contribution >= 4 is 5.57 Å². The first-order valence-corrected chi connectivity index (χ1v) is 12.7. The van der Waals surface area contributed by atoms with Crippen molar-refractivity contribution in [3.05, 3.63) is 72.3 Å². The highest BCUT2D eigenvalue weighted by molar-refractivity contribution is 5.75. The molecule has 3 rings (SSSR count). The van der Waals surface area contributed by atoms with E-state index < -0.39 is 0 Å². The van der Waals surface area contributed by atoms with Crippen LogP contribution in [0, 0.1) is 0 Å². The Morgan fingerprint density at radius 3 is 2.36 bits per heavy atom. The Morgan fingerprint density at radius 2 is 1.70 bits per heavy atom. The van der Waals surface area contributed by atoms with Crippen LogP contribution in [0.2, 0.25) is 0 Å². The van der Waals surface area contributed by atoms with Crippen molar-refractivity contribution in [2.45, 2.75) is 83.7 Å². The topological polar surface area (TPSA) is 44.2 Å². The van der Waals surface area contributed by atoms with E-state index in [0.717, 1.165) is 37.4 Å². The van der Waals surface area contributed by atoms with Crippen LogP contribution in [0.1, 0.15) is 83.5 Å². The quantitative estimate of drug-likeness (QED) is 0.284. The Labute approximate surface area is 200 Å². The van der Waals surface area contributed by atoms with Gasteiger partial charge in [-0.15, -0.1) is 0 Å². The van der Waals surface area contributed by atoms with Crippen LogP contribution in [-0.2, 0) is 10.2 Å². The van der Waals surface area contributed by atoms with E-state index in [1.807, 2.05) is 19.3 Å². The van der Waals surface area contributed by atoms with E-state index in [0.29, 0.717) is 6.61 Å². The van der Waals surface area contributed by atoms with Gasteiger partial charge >= 0.3 is 0 Å². The summed E-state index contributed by atoms with van der Waals surface area (Å²) in [5.41, 5.74) is 2.21. The molecule has 0 N–H and O–H groups in total. The second-order valence-corrected chi connectivity index (χ2v) is 9.05. The number of rotatable bonds is 14. The number of hydrogen-bond donors (Lipinski definition) is 0. The lowest BCUT2D eigenvalue weighted by atomic mass is 9.74. The molecule has 0 aliphatic heterocycles. The van der Waals surface area contributed by atoms with Gasteiger partial charge in [0.15, 0.2) is 5.75 Å². The van der Waals surface area contributed by atoms with E-state index in [1.54, 1.807) is 0 Å². The molecule has 2 aromatic rings. The lowest BCUT2D eigenvalue weighted by Gasteiger charge is -2.33. The van der Waals surface area contributed by atoms with Gasteiger partial charge in [0.25, 0.3) is 0 Å². The molecule has 0 fully saturated rings. The van der Waals surface area contributed by atoms with E-state index in [2.05, 4.69) is 62.4 Å². The van der Waals surface area contributed by atoms with E-state index in [-0.39, 0.29) is 11.5 Å². The molecule has 0 saturated carbocycles. The molecule has 1 aromatic carbocycles. The number of unbranched alkanes of at least 4 members (excludes halogenated alkanes) is 5. The SMILES string of the molecule is CCCCCCCCOc1cnc(C2(CC(C)OCC)C=CC(c3ccccc3)=CC2)nc1. The van der Waals surface area contributed by atoms with Crippen LogP contribution < -0.4 is 4.74 Å². The molecule has 4 nitrogen and oxygen atoms in total. The summed E-state index contributed by atoms with van der Waals surface area (Å²) in [6, 6.07) is 10.5. The second-order valence-electron chi connectivity index (χ2n) is 9.05. The van der Waals surface area contributed by atoms with E-state index in [4.69, 9.17) is 19.4 Å². The van der Waals surface area contributed by atoms with Crippen molar-refractivity contribution in [2.75, 3.05) is 13.2 Å². The Morgan fingerprint density at radius 1 is 0.970 bits per heavy atom. The molecule has 0 saturated heterocycles. The molecule has 1 aliphatic carbocycles. The van der Waals surface area contributed by atoms with Gasteiger partial charge in [-0.1, -0.05) is 87.6 Å². The average molecular weight is 449 g/mol. The predicted molar refractivity (Wildman–Crippen MR) is 136 cm³/mol. The summed E-state index contributed by atoms with van der Waals surface area (Å²) in [7, 11) is 0. The number of aromatic nitrogens is 2. The first-order valence-electron chi connectivity index (χ1n) is 12.7. The Hall–Kier alpha value is -2.46. The maximum atomic E-state index is 5.90. The molecule has 0 radical (unpaired) electrons. The normalized spacial score (nSPS) is 18.7. The summed E-state index contributed by atoms with van der Waals surface area (Å²) in [6.45, 7) is 7.85. The molecule has 1 aliphatic rings. The highest BCUT2D eigenvalue weighted by Gasteiger charge is 2.35. The second kappa shape index (κ2) is 13.3. The van der Waals surface area contributed by atoms with Gasteiger partial charge in [0, 0.05) is 6.61 Å². The zero-order chi connectivity index (χ0) is 23.4. The Kier molecular flexibility index (Phi) is 10.1. The molecular weight excluding hydrogens is 408 g/mol. The van der Waals surface area contributed by atoms with Gasteiger partial charge in [0.05, 0.1) is 30.5 Å². The van der Waals surface area contributed by atoms with Gasteiger partial charge in [-0.2, -0.15) is 0 Å². The lowest BCUT2D eigenvalue weighted by Crippen LogP contribution is -2.32. The Bertz CT molecular complexity index is 876. The van der Waals surface area contributed by atoms with Gasteiger partial charge in [-0.05, 0) is 44.2 Å². The first-order chi connectivity index (χ1) is 16.2. The summed E-state index contributed by atoms with van der Waals surface area (Å²) >= 11 is 0. The van der Waals surface area contributed by atoms with Crippen LogP contribution in [0.25, 0.3) is 5.57 Å². The summed E-state index contributed by atoms with van der Waals surface area (Å²) in [4.78, 5) is 9.51. The fourth-order valence-electron chi connectivity index (χ4n) is 4.51. The Balaban J connectivity index is 1.65. The van der Waals surface area contributed by atoms with Crippen LogP contribution in [0.4, 0.5) is 0 Å². The van der Waals surface area contributed by atoms with Crippen LogP contribution >= 0.6 is 0 Å². The van der Waals surface area contributed by atoms with Gasteiger partial charge in [0.2, 0.25) is 0 Å². The number of allylic oxidation sites excluding steroid dienone is 4. The summed E-state index contributed by atoms with van der Waals surface area (Å²) < 4.78 is 11.8. The highest BCUT2D eigenvalue weighted by Crippen LogP contribution is 2.39. The third-order valence-electron chi connectivity index (χ3n) is 6.32. The molecule has 33 heavy (non-hydrogen) atoms. The van der Waals surface area contributed by atoms with Crippen molar-refractivity contribution in [2.24, 2.45) is 0 Å². The number of hydrogen-bond acceptors (Lipinski definition) is 4. The molecule has 2 unspecified atom stereocenters. The van der Waals surface area contributed by atoms with Gasteiger partial charge in [-0.25, -0.2) is 9.97 Å². The van der Waals surface area contributed by atoms with E-state index >= 15 is 0 Å². The largest absolute Gasteiger partial charge is 0.490 e. The van der Waals surface area contributed by atoms with Crippen LogP contribution in [0.5, 0.6) is 5.75 Å². The van der Waals surface area contributed by atoms with E-state index in [9.17, 15) is 0 Å². The van der Waals surface area contributed by atoms with Crippen molar-refractivity contribution in [1.29, 1.82) is 0 Å². The molecule has 178 valence electrons. The summed E-state index contributed by atoms with van der Waals surface area (Å²) in [6.07, 6.45) is 19.8. The minimum absolute atomic E-state index is 0.124. The summed E-state index contributed by atoms with van der Waals surface area (Å²) in [5.74, 6) is 1.58. The van der Waals surface area contributed by atoms with Crippen molar-refractivity contribution in [3.8, 4) is 5.75 Å². The van der Waals surface area contributed by atoms with Crippen molar-refractivity contribution in [3.63, 3.8) is 0 Å². The third-order valence-corrected chi connectivity index (χ3v) is 6.32. The number of nitrogens with zero attached hydrogens (tertiary/aromatic N) is 2. The number of ether oxygens (including phenoxy) is 2. The zero-order valence-corrected chi connectivity index (χ0v) is 20.6. The fourth-order valence-corrected chi connectivity index (χ4v) is 4.51. The molecular formula is C29H40N2O2. The molecule has 1 heterocycles. The maximum Gasteiger partial charge on any atom is 0.155 e. The molecule has 4 heteroatoms. The maximum absolute atomic E-state index is 5.90. The minimum Gasteiger partial charge on any atom is -0.490 e. The summed E-state index contributed by atoms with van der Waals surface area (Å²) in [5, 5.41) is 0. The smallest absolute Gasteiger partial charge is 0.155 e. The van der Waals surface area contributed by atoms with Crippen molar-refractivity contribution in [1.82, 2.24) is 9.97 Å². The van der Waals surface area contributed by atoms with Gasteiger partial charge in [0.1, 0.15) is 5.82 Å². The molecule has 0 amide bonds. The van der Waals surface area contributed by atoms with Crippen LogP contribution in [0.3, 0.4) is 0 Å². The highest BCUT2D eigenvalue weighted by atomic mass is 16.5. The lowest BCUT2D eigenvalue weighted by molar-refractivity contribution is 0.0565. The molecule has 2 atom stereocenters. The standard InChI is InChI=1S/C29H40N2O2/c1-4-6-7-8-9-13-20-33-27-22-30-28(31-23-27)29(21-24(3)32-5-2)18-16-26(17-19-29)25-14-11-10-12-15-25/h10-12,14-18,22-24H,4-9,13,19-21H2,1-3H3. The minimum atomic E-state index is -0.273. The third kappa shape index (κ3) is 7.53. The van der Waals surface area contributed by atoms with Gasteiger partial charge in [-0.3, -0.25) is 0 Å². The first kappa shape index (κ1) is 25.2. The fraction of sp³-hybridized carbons (Fsp3) is 0.517. The molecule has 1 aromatic heterocycles. The zero-order valence-electron chi connectivity index (χ0n) is 20.6. The number of benzene rings is 1. The predicted octanol–water partition coefficient (Wildman–Crippen LogP) is 7.31.